The van der Waals surface area contributed by atoms with Gasteiger partial charge in [-0.2, -0.15) is 0 Å². The van der Waals surface area contributed by atoms with Gasteiger partial charge in [0.25, 0.3) is 0 Å². The maximum absolute atomic E-state index is 13.8. The molecule has 1 atom stereocenters. The Balaban J connectivity index is 1.76. The standard InChI is InChI=1S/C21H27FN2O2/c1-2-25-21-14-18(19(15-22)24-12-10-23-11-13-24)8-9-20(21)26-16-17-6-4-3-5-7-17/h3-9,14,19,23H,2,10-13,15-16H2,1H3/t19-/m0/s1. The summed E-state index contributed by atoms with van der Waals surface area (Å²) in [6, 6.07) is 15.6. The zero-order chi connectivity index (χ0) is 18.2. The number of piperazine rings is 1. The molecule has 0 aliphatic carbocycles. The molecule has 0 saturated carbocycles. The Hall–Kier alpha value is -2.11. The molecule has 0 spiro atoms. The van der Waals surface area contributed by atoms with Crippen molar-refractivity contribution in [3.05, 3.63) is 59.7 Å². The van der Waals surface area contributed by atoms with Crippen molar-refractivity contribution in [3.8, 4) is 11.5 Å². The van der Waals surface area contributed by atoms with Crippen molar-refractivity contribution in [2.24, 2.45) is 0 Å². The van der Waals surface area contributed by atoms with Gasteiger partial charge in [-0.15, -0.1) is 0 Å². The molecule has 1 N–H and O–H groups in total. The normalized spacial score (nSPS) is 16.2. The third-order valence-corrected chi connectivity index (χ3v) is 4.63. The van der Waals surface area contributed by atoms with Crippen LogP contribution in [0.5, 0.6) is 11.5 Å². The molecule has 4 nitrogen and oxygen atoms in total. The Kier molecular flexibility index (Phi) is 6.86. The number of halogens is 1. The topological polar surface area (TPSA) is 33.7 Å². The molecule has 140 valence electrons. The summed E-state index contributed by atoms with van der Waals surface area (Å²) in [5.41, 5.74) is 2.03. The van der Waals surface area contributed by atoms with Gasteiger partial charge in [0.1, 0.15) is 13.3 Å². The van der Waals surface area contributed by atoms with Crippen LogP contribution in [-0.4, -0.2) is 44.4 Å². The van der Waals surface area contributed by atoms with Crippen LogP contribution >= 0.6 is 0 Å². The van der Waals surface area contributed by atoms with E-state index in [-0.39, 0.29) is 6.04 Å². The Morgan fingerprint density at radius 2 is 1.81 bits per heavy atom. The molecule has 2 aromatic carbocycles. The number of benzene rings is 2. The van der Waals surface area contributed by atoms with E-state index in [0.29, 0.717) is 24.7 Å². The number of nitrogens with zero attached hydrogens (tertiary/aromatic N) is 1. The second-order valence-electron chi connectivity index (χ2n) is 6.37. The Morgan fingerprint density at radius 1 is 1.04 bits per heavy atom. The first kappa shape index (κ1) is 18.7. The van der Waals surface area contributed by atoms with Gasteiger partial charge in [0.2, 0.25) is 0 Å². The minimum Gasteiger partial charge on any atom is -0.490 e. The van der Waals surface area contributed by atoms with E-state index < -0.39 is 6.67 Å². The van der Waals surface area contributed by atoms with Crippen molar-refractivity contribution in [2.45, 2.75) is 19.6 Å². The average molecular weight is 358 g/mol. The number of hydrogen-bond acceptors (Lipinski definition) is 4. The van der Waals surface area contributed by atoms with Gasteiger partial charge in [-0.05, 0) is 30.2 Å². The molecule has 1 saturated heterocycles. The zero-order valence-electron chi connectivity index (χ0n) is 15.3. The lowest BCUT2D eigenvalue weighted by atomic mass is 10.0. The van der Waals surface area contributed by atoms with Gasteiger partial charge < -0.3 is 14.8 Å². The van der Waals surface area contributed by atoms with Crippen molar-refractivity contribution < 1.29 is 13.9 Å². The van der Waals surface area contributed by atoms with Crippen molar-refractivity contribution in [1.29, 1.82) is 0 Å². The number of ether oxygens (including phenoxy) is 2. The summed E-state index contributed by atoms with van der Waals surface area (Å²) in [7, 11) is 0. The van der Waals surface area contributed by atoms with Crippen LogP contribution in [0.3, 0.4) is 0 Å². The first-order valence-corrected chi connectivity index (χ1v) is 9.26. The SMILES string of the molecule is CCOc1cc([C@H](CF)N2CCNCC2)ccc1OCc1ccccc1. The predicted octanol–water partition coefficient (Wildman–Crippen LogP) is 3.58. The van der Waals surface area contributed by atoms with E-state index in [1.54, 1.807) is 0 Å². The monoisotopic (exact) mass is 358 g/mol. The van der Waals surface area contributed by atoms with E-state index in [0.717, 1.165) is 37.3 Å². The quantitative estimate of drug-likeness (QED) is 0.782. The average Bonchev–Trinajstić information content (AvgIpc) is 2.70. The van der Waals surface area contributed by atoms with Crippen molar-refractivity contribution in [3.63, 3.8) is 0 Å². The van der Waals surface area contributed by atoms with Gasteiger partial charge >= 0.3 is 0 Å². The molecule has 1 heterocycles. The Labute approximate surface area is 154 Å². The molecule has 1 aliphatic rings. The van der Waals surface area contributed by atoms with Crippen LogP contribution in [0.4, 0.5) is 4.39 Å². The summed E-state index contributed by atoms with van der Waals surface area (Å²) >= 11 is 0. The van der Waals surface area contributed by atoms with Crippen LogP contribution in [0.25, 0.3) is 0 Å². The highest BCUT2D eigenvalue weighted by molar-refractivity contribution is 5.44. The van der Waals surface area contributed by atoms with Crippen LogP contribution in [0, 0.1) is 0 Å². The molecule has 1 fully saturated rings. The predicted molar refractivity (Wildman–Crippen MR) is 102 cm³/mol. The number of alkyl halides is 1. The third-order valence-electron chi connectivity index (χ3n) is 4.63. The fourth-order valence-corrected chi connectivity index (χ4v) is 3.25. The van der Waals surface area contributed by atoms with Crippen molar-refractivity contribution in [2.75, 3.05) is 39.5 Å². The van der Waals surface area contributed by atoms with E-state index >= 15 is 0 Å². The summed E-state index contributed by atoms with van der Waals surface area (Å²) in [5.74, 6) is 1.37. The first-order chi connectivity index (χ1) is 12.8. The van der Waals surface area contributed by atoms with Gasteiger partial charge in [0.15, 0.2) is 11.5 Å². The summed E-state index contributed by atoms with van der Waals surface area (Å²) in [5, 5.41) is 3.31. The van der Waals surface area contributed by atoms with Crippen molar-refractivity contribution >= 4 is 0 Å². The van der Waals surface area contributed by atoms with E-state index in [4.69, 9.17) is 9.47 Å². The van der Waals surface area contributed by atoms with Crippen LogP contribution in [0.2, 0.25) is 0 Å². The summed E-state index contributed by atoms with van der Waals surface area (Å²) in [6.45, 7) is 6.05. The highest BCUT2D eigenvalue weighted by Gasteiger charge is 2.23. The molecular weight excluding hydrogens is 331 g/mol. The van der Waals surface area contributed by atoms with Crippen LogP contribution in [0.15, 0.2) is 48.5 Å². The van der Waals surface area contributed by atoms with Crippen LogP contribution in [-0.2, 0) is 6.61 Å². The summed E-state index contributed by atoms with van der Waals surface area (Å²) in [6.07, 6.45) is 0. The van der Waals surface area contributed by atoms with Crippen LogP contribution in [0.1, 0.15) is 24.1 Å². The van der Waals surface area contributed by atoms with E-state index in [1.165, 1.54) is 0 Å². The Morgan fingerprint density at radius 3 is 2.50 bits per heavy atom. The first-order valence-electron chi connectivity index (χ1n) is 9.26. The van der Waals surface area contributed by atoms with Gasteiger partial charge in [-0.1, -0.05) is 36.4 Å². The molecule has 0 unspecified atom stereocenters. The number of rotatable bonds is 8. The highest BCUT2D eigenvalue weighted by atomic mass is 19.1. The number of hydrogen-bond donors (Lipinski definition) is 1. The summed E-state index contributed by atoms with van der Waals surface area (Å²) < 4.78 is 25.5. The van der Waals surface area contributed by atoms with Crippen molar-refractivity contribution in [1.82, 2.24) is 10.2 Å². The minimum absolute atomic E-state index is 0.237. The maximum Gasteiger partial charge on any atom is 0.161 e. The lowest BCUT2D eigenvalue weighted by molar-refractivity contribution is 0.147. The van der Waals surface area contributed by atoms with E-state index in [2.05, 4.69) is 10.2 Å². The van der Waals surface area contributed by atoms with Gasteiger partial charge in [-0.25, -0.2) is 4.39 Å². The molecule has 0 radical (unpaired) electrons. The lowest BCUT2D eigenvalue weighted by Gasteiger charge is -2.33. The molecule has 1 aliphatic heterocycles. The van der Waals surface area contributed by atoms with Gasteiger partial charge in [0, 0.05) is 26.2 Å². The second-order valence-corrected chi connectivity index (χ2v) is 6.37. The smallest absolute Gasteiger partial charge is 0.161 e. The molecule has 3 rings (SSSR count). The molecule has 26 heavy (non-hydrogen) atoms. The molecule has 2 aromatic rings. The number of nitrogens with one attached hydrogen (secondary N) is 1. The zero-order valence-corrected chi connectivity index (χ0v) is 15.3. The van der Waals surface area contributed by atoms with Crippen LogP contribution < -0.4 is 14.8 Å². The highest BCUT2D eigenvalue weighted by Crippen LogP contribution is 2.33. The van der Waals surface area contributed by atoms with Gasteiger partial charge in [-0.3, -0.25) is 4.90 Å². The second kappa shape index (κ2) is 9.55. The third kappa shape index (κ3) is 4.74. The van der Waals surface area contributed by atoms with E-state index in [1.807, 2.05) is 55.5 Å². The molecule has 5 heteroatoms. The van der Waals surface area contributed by atoms with E-state index in [9.17, 15) is 4.39 Å². The molecule has 0 amide bonds. The van der Waals surface area contributed by atoms with Gasteiger partial charge in [0.05, 0.1) is 12.6 Å². The Bertz CT molecular complexity index is 675. The largest absolute Gasteiger partial charge is 0.490 e. The molecule has 0 aromatic heterocycles. The fourth-order valence-electron chi connectivity index (χ4n) is 3.25. The maximum atomic E-state index is 13.8. The molecular formula is C21H27FN2O2. The molecule has 0 bridgehead atoms. The minimum atomic E-state index is -0.407. The lowest BCUT2D eigenvalue weighted by Crippen LogP contribution is -2.45. The fraction of sp³-hybridized carbons (Fsp3) is 0.429. The summed E-state index contributed by atoms with van der Waals surface area (Å²) in [4.78, 5) is 2.19.